The van der Waals surface area contributed by atoms with E-state index in [9.17, 15) is 9.59 Å². The molecule has 4 N–H and O–H groups in total. The first kappa shape index (κ1) is 31.7. The van der Waals surface area contributed by atoms with E-state index in [0.29, 0.717) is 55.2 Å². The summed E-state index contributed by atoms with van der Waals surface area (Å²) < 4.78 is 11.8. The second kappa shape index (κ2) is 14.8. The van der Waals surface area contributed by atoms with Crippen LogP contribution in [0.5, 0.6) is 5.75 Å². The van der Waals surface area contributed by atoms with Gasteiger partial charge in [0, 0.05) is 50.2 Å². The van der Waals surface area contributed by atoms with Crippen LogP contribution in [0, 0.1) is 12.8 Å². The molecular formula is C32H43N7O4. The second-order valence-corrected chi connectivity index (χ2v) is 11.2. The first-order chi connectivity index (χ1) is 20.6. The smallest absolute Gasteiger partial charge is 0.324 e. The predicted octanol–water partition coefficient (Wildman–Crippen LogP) is 4.10. The minimum atomic E-state index is -0.457. The molecule has 1 fully saturated rings. The van der Waals surface area contributed by atoms with E-state index in [0.717, 1.165) is 29.4 Å². The number of hydrazine groups is 1. The SMILES string of the molecule is Cc1ccc(N(N)/C(=C\CC(C)C)NC(=O)Nc2ccc(OCCN3CCOC(C(=O)N(C)C)C3)c3ccccc23)cn1. The van der Waals surface area contributed by atoms with Gasteiger partial charge in [0.1, 0.15) is 24.3 Å². The Morgan fingerprint density at radius 3 is 2.63 bits per heavy atom. The van der Waals surface area contributed by atoms with Crippen LogP contribution in [0.15, 0.2) is 66.6 Å². The van der Waals surface area contributed by atoms with E-state index in [2.05, 4.69) is 34.4 Å². The number of morpholine rings is 1. The molecule has 0 bridgehead atoms. The van der Waals surface area contributed by atoms with Gasteiger partial charge in [0.25, 0.3) is 5.91 Å². The molecule has 1 aliphatic rings. The van der Waals surface area contributed by atoms with Crippen molar-refractivity contribution in [3.63, 3.8) is 0 Å². The maximum Gasteiger partial charge on any atom is 0.324 e. The maximum absolute atomic E-state index is 13.2. The average molecular weight is 590 g/mol. The quantitative estimate of drug-likeness (QED) is 0.226. The summed E-state index contributed by atoms with van der Waals surface area (Å²) in [6.07, 6.45) is 3.85. The van der Waals surface area contributed by atoms with Crippen molar-refractivity contribution in [2.24, 2.45) is 11.8 Å². The summed E-state index contributed by atoms with van der Waals surface area (Å²) in [6.45, 7) is 9.00. The number of nitrogens with one attached hydrogen (secondary N) is 2. The molecule has 11 heteroatoms. The van der Waals surface area contributed by atoms with E-state index in [1.54, 1.807) is 25.2 Å². The number of aryl methyl sites for hydroxylation is 1. The van der Waals surface area contributed by atoms with Crippen LogP contribution in [-0.2, 0) is 9.53 Å². The summed E-state index contributed by atoms with van der Waals surface area (Å²) in [7, 11) is 3.47. The average Bonchev–Trinajstić information content (AvgIpc) is 3.00. The van der Waals surface area contributed by atoms with E-state index in [1.165, 1.54) is 5.01 Å². The van der Waals surface area contributed by atoms with Crippen molar-refractivity contribution in [3.8, 4) is 5.75 Å². The Kier molecular flexibility index (Phi) is 10.9. The monoisotopic (exact) mass is 589 g/mol. The molecule has 3 aromatic rings. The van der Waals surface area contributed by atoms with Gasteiger partial charge in [-0.05, 0) is 49.6 Å². The van der Waals surface area contributed by atoms with Gasteiger partial charge in [-0.2, -0.15) is 0 Å². The number of carbonyl (C=O) groups is 2. The lowest BCUT2D eigenvalue weighted by molar-refractivity contribution is -0.146. The highest BCUT2D eigenvalue weighted by Gasteiger charge is 2.27. The summed E-state index contributed by atoms with van der Waals surface area (Å²) >= 11 is 0. The number of ether oxygens (including phenoxy) is 2. The molecule has 11 nitrogen and oxygen atoms in total. The van der Waals surface area contributed by atoms with Crippen molar-refractivity contribution in [3.05, 3.63) is 72.3 Å². The molecule has 1 atom stereocenters. The number of nitrogens with zero attached hydrogens (tertiary/aromatic N) is 4. The third-order valence-corrected chi connectivity index (χ3v) is 7.12. The number of fused-ring (bicyclic) bond motifs is 1. The highest BCUT2D eigenvalue weighted by atomic mass is 16.5. The molecule has 1 aliphatic heterocycles. The van der Waals surface area contributed by atoms with Crippen molar-refractivity contribution in [1.29, 1.82) is 0 Å². The van der Waals surface area contributed by atoms with Gasteiger partial charge in [-0.15, -0.1) is 0 Å². The van der Waals surface area contributed by atoms with Crippen LogP contribution in [0.4, 0.5) is 16.2 Å². The zero-order chi connectivity index (χ0) is 30.9. The highest BCUT2D eigenvalue weighted by Crippen LogP contribution is 2.32. The topological polar surface area (TPSA) is 125 Å². The van der Waals surface area contributed by atoms with Crippen LogP contribution in [0.3, 0.4) is 0 Å². The Bertz CT molecular complexity index is 1420. The Morgan fingerprint density at radius 2 is 1.93 bits per heavy atom. The van der Waals surface area contributed by atoms with Gasteiger partial charge in [0.15, 0.2) is 0 Å². The zero-order valence-electron chi connectivity index (χ0n) is 25.7. The summed E-state index contributed by atoms with van der Waals surface area (Å²) in [5.41, 5.74) is 2.17. The molecule has 1 unspecified atom stereocenters. The molecule has 3 amide bonds. The number of hydrogen-bond donors (Lipinski definition) is 3. The molecule has 2 heterocycles. The van der Waals surface area contributed by atoms with Crippen LogP contribution in [-0.4, -0.2) is 79.8 Å². The molecule has 4 rings (SSSR count). The lowest BCUT2D eigenvalue weighted by atomic mass is 10.1. The largest absolute Gasteiger partial charge is 0.492 e. The zero-order valence-corrected chi connectivity index (χ0v) is 25.7. The maximum atomic E-state index is 13.2. The number of amides is 3. The third-order valence-electron chi connectivity index (χ3n) is 7.12. The van der Waals surface area contributed by atoms with Crippen LogP contribution in [0.1, 0.15) is 26.0 Å². The van der Waals surface area contributed by atoms with E-state index in [1.807, 2.05) is 61.5 Å². The fourth-order valence-corrected chi connectivity index (χ4v) is 4.70. The molecule has 0 spiro atoms. The van der Waals surface area contributed by atoms with E-state index in [-0.39, 0.29) is 5.91 Å². The number of urea groups is 1. The Morgan fingerprint density at radius 1 is 1.16 bits per heavy atom. The predicted molar refractivity (Wildman–Crippen MR) is 170 cm³/mol. The number of benzene rings is 2. The van der Waals surface area contributed by atoms with Crippen LogP contribution >= 0.6 is 0 Å². The van der Waals surface area contributed by atoms with Gasteiger partial charge < -0.3 is 19.7 Å². The fourth-order valence-electron chi connectivity index (χ4n) is 4.70. The number of carbonyl (C=O) groups excluding carboxylic acids is 2. The van der Waals surface area contributed by atoms with Crippen molar-refractivity contribution < 1.29 is 19.1 Å². The molecule has 1 saturated heterocycles. The lowest BCUT2D eigenvalue weighted by Gasteiger charge is -2.33. The van der Waals surface area contributed by atoms with E-state index < -0.39 is 12.1 Å². The Hall–Kier alpha value is -4.19. The van der Waals surface area contributed by atoms with E-state index in [4.69, 9.17) is 15.3 Å². The summed E-state index contributed by atoms with van der Waals surface area (Å²) in [5, 5.41) is 9.04. The molecule has 0 aliphatic carbocycles. The number of rotatable bonds is 11. The molecule has 230 valence electrons. The number of aromatic nitrogens is 1. The molecule has 43 heavy (non-hydrogen) atoms. The van der Waals surface area contributed by atoms with Crippen LogP contribution in [0.25, 0.3) is 10.8 Å². The Balaban J connectivity index is 1.42. The van der Waals surface area contributed by atoms with Crippen molar-refractivity contribution in [2.75, 3.05) is 57.3 Å². The lowest BCUT2D eigenvalue weighted by Crippen LogP contribution is -2.50. The van der Waals surface area contributed by atoms with Crippen molar-refractivity contribution in [1.82, 2.24) is 20.1 Å². The standard InChI is InChI=1S/C32H43N7O4/c1-22(2)10-15-30(39(33)24-12-11-23(3)34-20-24)36-32(41)35-27-13-14-28(26-9-7-6-8-25(26)27)42-18-16-38-17-19-43-29(21-38)31(40)37(4)5/h6-9,11-15,20,22,29H,10,16-19,21,33H2,1-5H3,(H2,35,36,41)/b30-15-. The summed E-state index contributed by atoms with van der Waals surface area (Å²) in [6, 6.07) is 14.8. The number of allylic oxidation sites excluding steroid dienone is 1. The second-order valence-electron chi connectivity index (χ2n) is 11.2. The molecule has 0 saturated carbocycles. The van der Waals surface area contributed by atoms with Crippen molar-refractivity contribution >= 4 is 34.1 Å². The van der Waals surface area contributed by atoms with Crippen LogP contribution < -0.4 is 26.2 Å². The number of likely N-dealkylation sites (N-methyl/N-ethyl adjacent to an activating group) is 1. The van der Waals surface area contributed by atoms with E-state index >= 15 is 0 Å². The molecule has 1 aromatic heterocycles. The Labute approximate surface area is 253 Å². The van der Waals surface area contributed by atoms with Gasteiger partial charge in [-0.1, -0.05) is 38.1 Å². The highest BCUT2D eigenvalue weighted by molar-refractivity contribution is 6.04. The molecular weight excluding hydrogens is 546 g/mol. The first-order valence-corrected chi connectivity index (χ1v) is 14.6. The third kappa shape index (κ3) is 8.66. The van der Waals surface area contributed by atoms with Gasteiger partial charge in [-0.3, -0.25) is 25.0 Å². The number of hydrogen-bond acceptors (Lipinski definition) is 8. The van der Waals surface area contributed by atoms with Crippen molar-refractivity contribution in [2.45, 2.75) is 33.3 Å². The fraction of sp³-hybridized carbons (Fsp3) is 0.406. The molecule has 0 radical (unpaired) electrons. The van der Waals surface area contributed by atoms with Gasteiger partial charge >= 0.3 is 6.03 Å². The van der Waals surface area contributed by atoms with Gasteiger partial charge in [-0.25, -0.2) is 10.6 Å². The summed E-state index contributed by atoms with van der Waals surface area (Å²) in [4.78, 5) is 33.6. The molecule has 2 aromatic carbocycles. The normalized spacial score (nSPS) is 15.8. The number of pyridine rings is 1. The minimum Gasteiger partial charge on any atom is -0.492 e. The summed E-state index contributed by atoms with van der Waals surface area (Å²) in [5.74, 6) is 7.92. The van der Waals surface area contributed by atoms with Crippen LogP contribution in [0.2, 0.25) is 0 Å². The minimum absolute atomic E-state index is 0.0300. The first-order valence-electron chi connectivity index (χ1n) is 14.6. The number of anilines is 2. The van der Waals surface area contributed by atoms with Gasteiger partial charge in [0.2, 0.25) is 0 Å². The van der Waals surface area contributed by atoms with Gasteiger partial charge in [0.05, 0.1) is 24.2 Å². The number of nitrogens with two attached hydrogens (primary N) is 1.